The van der Waals surface area contributed by atoms with Crippen LogP contribution >= 0.6 is 0 Å². The largest absolute Gasteiger partial charge is 0.376 e. The Balaban J connectivity index is 2.28. The van der Waals surface area contributed by atoms with E-state index < -0.39 is 0 Å². The highest BCUT2D eigenvalue weighted by atomic mass is 15.4. The maximum atomic E-state index is 9.41. The molecule has 0 aliphatic heterocycles. The van der Waals surface area contributed by atoms with Gasteiger partial charge >= 0.3 is 0 Å². The number of allylic oxidation sites excluding steroid dienone is 2. The molecule has 3 rings (SSSR count). The van der Waals surface area contributed by atoms with Gasteiger partial charge in [0.05, 0.1) is 33.7 Å². The minimum atomic E-state index is -0.312. The summed E-state index contributed by atoms with van der Waals surface area (Å²) in [5, 5.41) is 40.9. The zero-order chi connectivity index (χ0) is 30.0. The second-order valence-corrected chi connectivity index (χ2v) is 11.9. The average Bonchev–Trinajstić information content (AvgIpc) is 3.21. The minimum absolute atomic E-state index is 0.0216. The minimum Gasteiger partial charge on any atom is -0.376 e. The molecule has 0 bridgehead atoms. The summed E-state index contributed by atoms with van der Waals surface area (Å²) < 4.78 is 4.38. The second kappa shape index (κ2) is 11.1. The van der Waals surface area contributed by atoms with Gasteiger partial charge in [-0.25, -0.2) is 0 Å². The van der Waals surface area contributed by atoms with E-state index in [0.29, 0.717) is 16.9 Å². The van der Waals surface area contributed by atoms with Crippen LogP contribution in [0.25, 0.3) is 16.6 Å². The smallest absolute Gasteiger partial charge is 0.233 e. The van der Waals surface area contributed by atoms with Crippen LogP contribution < -0.4 is 15.4 Å². The van der Waals surface area contributed by atoms with Crippen molar-refractivity contribution in [1.29, 1.82) is 15.8 Å². The molecule has 10 nitrogen and oxygen atoms in total. The Morgan fingerprint density at radius 2 is 1.18 bits per heavy atom. The van der Waals surface area contributed by atoms with E-state index >= 15 is 0 Å². The summed E-state index contributed by atoms with van der Waals surface area (Å²) in [5.41, 5.74) is 5.08. The molecule has 3 aromatic rings. The molecule has 0 saturated carbocycles. The van der Waals surface area contributed by atoms with E-state index in [1.165, 1.54) is 0 Å². The molecular formula is C30H36N10. The Labute approximate surface area is 236 Å². The summed E-state index contributed by atoms with van der Waals surface area (Å²) in [6.45, 7) is 12.8. The predicted octanol–water partition coefficient (Wildman–Crippen LogP) is 6.01. The van der Waals surface area contributed by atoms with E-state index in [-0.39, 0.29) is 22.2 Å². The number of nitriles is 3. The van der Waals surface area contributed by atoms with Gasteiger partial charge in [-0.1, -0.05) is 17.2 Å². The van der Waals surface area contributed by atoms with Crippen molar-refractivity contribution in [1.82, 2.24) is 9.13 Å². The van der Waals surface area contributed by atoms with Gasteiger partial charge in [0, 0.05) is 39.3 Å². The molecule has 2 aromatic carbocycles. The SMILES string of the molecule is CN(C)c1cc2c(cc1N(C)C)n(C(C)(C)C)c(=NN=Nc1ccc(C(C#N)=C(C#N)C#N)cc1)n2C(C)(C)C. The van der Waals surface area contributed by atoms with Crippen molar-refractivity contribution >= 4 is 33.7 Å². The fraction of sp³-hybridized carbons (Fsp3) is 0.400. The first-order valence-corrected chi connectivity index (χ1v) is 12.8. The molecule has 0 N–H and O–H groups in total. The van der Waals surface area contributed by atoms with Crippen molar-refractivity contribution in [2.75, 3.05) is 38.0 Å². The van der Waals surface area contributed by atoms with E-state index in [1.807, 2.05) is 34.3 Å². The molecule has 40 heavy (non-hydrogen) atoms. The lowest BCUT2D eigenvalue weighted by Crippen LogP contribution is -2.40. The van der Waals surface area contributed by atoms with Crippen LogP contribution in [0.15, 0.2) is 57.4 Å². The average molecular weight is 537 g/mol. The number of aromatic nitrogens is 2. The van der Waals surface area contributed by atoms with Crippen molar-refractivity contribution < 1.29 is 0 Å². The van der Waals surface area contributed by atoms with Gasteiger partial charge in [0.25, 0.3) is 0 Å². The molecule has 0 saturated heterocycles. The first kappa shape index (κ1) is 29.7. The quantitative estimate of drug-likeness (QED) is 0.224. The molecule has 0 radical (unpaired) electrons. The zero-order valence-electron chi connectivity index (χ0n) is 24.9. The molecule has 0 fully saturated rings. The summed E-state index contributed by atoms with van der Waals surface area (Å²) in [5.74, 6) is 0. The number of hydrogen-bond acceptors (Lipinski definition) is 7. The van der Waals surface area contributed by atoms with E-state index in [1.54, 1.807) is 36.4 Å². The van der Waals surface area contributed by atoms with E-state index in [0.717, 1.165) is 22.4 Å². The topological polar surface area (TPSA) is 125 Å². The van der Waals surface area contributed by atoms with Gasteiger partial charge in [0.1, 0.15) is 23.8 Å². The van der Waals surface area contributed by atoms with Gasteiger partial charge in [-0.3, -0.25) is 0 Å². The van der Waals surface area contributed by atoms with Gasteiger partial charge in [-0.05, 0) is 76.6 Å². The lowest BCUT2D eigenvalue weighted by atomic mass is 10.0. The Bertz CT molecular complexity index is 1590. The number of benzene rings is 2. The Morgan fingerprint density at radius 3 is 1.52 bits per heavy atom. The molecule has 0 spiro atoms. The monoisotopic (exact) mass is 536 g/mol. The molecule has 1 aromatic heterocycles. The van der Waals surface area contributed by atoms with Gasteiger partial charge < -0.3 is 18.9 Å². The third kappa shape index (κ3) is 5.75. The lowest BCUT2D eigenvalue weighted by Gasteiger charge is -2.25. The van der Waals surface area contributed by atoms with Crippen LogP contribution in [0.2, 0.25) is 0 Å². The van der Waals surface area contributed by atoms with Crippen LogP contribution in [0.3, 0.4) is 0 Å². The fourth-order valence-electron chi connectivity index (χ4n) is 4.57. The van der Waals surface area contributed by atoms with Crippen LogP contribution in [0, 0.1) is 34.0 Å². The highest BCUT2D eigenvalue weighted by Gasteiger charge is 2.28. The molecular weight excluding hydrogens is 500 g/mol. The predicted molar refractivity (Wildman–Crippen MR) is 159 cm³/mol. The zero-order valence-corrected chi connectivity index (χ0v) is 24.9. The normalized spacial score (nSPS) is 11.6. The van der Waals surface area contributed by atoms with Crippen LogP contribution in [0.1, 0.15) is 47.1 Å². The van der Waals surface area contributed by atoms with Gasteiger partial charge in [0.15, 0.2) is 0 Å². The third-order valence-electron chi connectivity index (χ3n) is 6.29. The molecule has 1 heterocycles. The summed E-state index contributed by atoms with van der Waals surface area (Å²) in [6, 6.07) is 16.5. The van der Waals surface area contributed by atoms with Gasteiger partial charge in [-0.15, -0.1) is 5.11 Å². The van der Waals surface area contributed by atoms with Crippen LogP contribution in [-0.2, 0) is 11.1 Å². The molecule has 0 aliphatic carbocycles. The standard InChI is InChI=1S/C30H36N10/c1-29(2,3)39-26-15-24(37(7)8)25(38(9)10)16-27(26)40(30(4,5)6)28(39)35-36-34-22-13-11-20(12-14-22)23(19-33)21(17-31)18-32/h11-16H,1-10H3. The van der Waals surface area contributed by atoms with Crippen molar-refractivity contribution in [2.45, 2.75) is 52.6 Å². The number of imidazole rings is 1. The number of nitrogens with zero attached hydrogens (tertiary/aromatic N) is 10. The molecule has 0 aliphatic rings. The van der Waals surface area contributed by atoms with Crippen molar-refractivity contribution in [3.8, 4) is 18.2 Å². The van der Waals surface area contributed by atoms with Gasteiger partial charge in [-0.2, -0.15) is 15.8 Å². The van der Waals surface area contributed by atoms with Crippen molar-refractivity contribution in [2.24, 2.45) is 15.4 Å². The van der Waals surface area contributed by atoms with Gasteiger partial charge in [0.2, 0.25) is 5.62 Å². The Morgan fingerprint density at radius 1 is 0.725 bits per heavy atom. The number of fused-ring (bicyclic) bond motifs is 1. The molecule has 206 valence electrons. The van der Waals surface area contributed by atoms with E-state index in [9.17, 15) is 5.26 Å². The second-order valence-electron chi connectivity index (χ2n) is 11.9. The Hall–Kier alpha value is -4.88. The molecule has 0 unspecified atom stereocenters. The maximum Gasteiger partial charge on any atom is 0.233 e. The lowest BCUT2D eigenvalue weighted by molar-refractivity contribution is 0.342. The third-order valence-corrected chi connectivity index (χ3v) is 6.29. The van der Waals surface area contributed by atoms with Crippen molar-refractivity contribution in [3.05, 3.63) is 53.2 Å². The first-order chi connectivity index (χ1) is 18.6. The van der Waals surface area contributed by atoms with Crippen LogP contribution in [0.4, 0.5) is 17.1 Å². The molecule has 0 atom stereocenters. The number of rotatable bonds is 5. The highest BCUT2D eigenvalue weighted by molar-refractivity contribution is 5.89. The summed E-state index contributed by atoms with van der Waals surface area (Å²) in [4.78, 5) is 4.22. The van der Waals surface area contributed by atoms with E-state index in [4.69, 9.17) is 10.5 Å². The highest BCUT2D eigenvalue weighted by Crippen LogP contribution is 2.35. The first-order valence-electron chi connectivity index (χ1n) is 12.8. The maximum absolute atomic E-state index is 9.41. The van der Waals surface area contributed by atoms with Crippen LogP contribution in [-0.4, -0.2) is 37.3 Å². The summed E-state index contributed by atoms with van der Waals surface area (Å²) in [7, 11) is 8.16. The summed E-state index contributed by atoms with van der Waals surface area (Å²) >= 11 is 0. The van der Waals surface area contributed by atoms with Crippen LogP contribution in [0.5, 0.6) is 0 Å². The molecule has 10 heteroatoms. The number of hydrogen-bond donors (Lipinski definition) is 0. The van der Waals surface area contributed by atoms with Crippen molar-refractivity contribution in [3.63, 3.8) is 0 Å². The molecule has 0 amide bonds. The Kier molecular flexibility index (Phi) is 8.22. The number of anilines is 2. The fourth-order valence-corrected chi connectivity index (χ4v) is 4.57. The summed E-state index contributed by atoms with van der Waals surface area (Å²) in [6.07, 6.45) is 0. The van der Waals surface area contributed by atoms with E-state index in [2.05, 4.69) is 88.0 Å².